The molecule has 7 nitrogen and oxygen atoms in total. The summed E-state index contributed by atoms with van der Waals surface area (Å²) in [6, 6.07) is 4.52. The van der Waals surface area contributed by atoms with E-state index in [1.54, 1.807) is 10.9 Å². The van der Waals surface area contributed by atoms with Gasteiger partial charge in [0.2, 0.25) is 0 Å². The predicted molar refractivity (Wildman–Crippen MR) is 93.0 cm³/mol. The van der Waals surface area contributed by atoms with Crippen molar-refractivity contribution in [3.05, 3.63) is 41.5 Å². The fraction of sp³-hybridized carbons (Fsp3) is 0.556. The molecule has 2 aliphatic rings. The second-order valence-electron chi connectivity index (χ2n) is 6.89. The Labute approximate surface area is 147 Å². The number of rotatable bonds is 4. The Kier molecular flexibility index (Phi) is 4.74. The Morgan fingerprint density at radius 3 is 3.20 bits per heavy atom. The molecule has 4 heterocycles. The average molecular weight is 340 g/mol. The van der Waals surface area contributed by atoms with Gasteiger partial charge >= 0.3 is 0 Å². The van der Waals surface area contributed by atoms with E-state index in [2.05, 4.69) is 20.6 Å². The molecule has 0 saturated carbocycles. The molecule has 0 spiro atoms. The lowest BCUT2D eigenvalue weighted by Gasteiger charge is -2.27. The van der Waals surface area contributed by atoms with E-state index in [0.29, 0.717) is 24.8 Å². The number of nitrogens with one attached hydrogen (secondary N) is 1. The summed E-state index contributed by atoms with van der Waals surface area (Å²) >= 11 is 0. The number of carbonyl (C=O) groups excluding carboxylic acids is 1. The predicted octanol–water partition coefficient (Wildman–Crippen LogP) is 1.40. The zero-order chi connectivity index (χ0) is 17.1. The van der Waals surface area contributed by atoms with Gasteiger partial charge in [-0.05, 0) is 37.4 Å². The number of carbonyl (C=O) groups is 1. The van der Waals surface area contributed by atoms with Crippen LogP contribution < -0.4 is 5.32 Å². The Morgan fingerprint density at radius 2 is 2.32 bits per heavy atom. The summed E-state index contributed by atoms with van der Waals surface area (Å²) in [7, 11) is 0. The Hall–Kier alpha value is -2.28. The third kappa shape index (κ3) is 3.71. The van der Waals surface area contributed by atoms with Gasteiger partial charge in [-0.1, -0.05) is 17.7 Å². The minimum absolute atomic E-state index is 0.0449. The third-order valence-electron chi connectivity index (χ3n) is 5.13. The average Bonchev–Trinajstić information content (AvgIpc) is 3.15. The summed E-state index contributed by atoms with van der Waals surface area (Å²) in [5.41, 5.74) is 2.65. The Bertz CT molecular complexity index is 737. The zero-order valence-electron chi connectivity index (χ0n) is 14.4. The highest BCUT2D eigenvalue weighted by Gasteiger charge is 2.24. The van der Waals surface area contributed by atoms with Crippen LogP contribution in [-0.4, -0.2) is 49.9 Å². The van der Waals surface area contributed by atoms with Gasteiger partial charge in [-0.15, -0.1) is 5.10 Å². The molecular weight excluding hydrogens is 316 g/mol. The van der Waals surface area contributed by atoms with Crippen LogP contribution in [0.25, 0.3) is 0 Å². The van der Waals surface area contributed by atoms with Gasteiger partial charge in [0.05, 0.1) is 6.20 Å². The van der Waals surface area contributed by atoms with Crippen LogP contribution in [0.2, 0.25) is 0 Å². The van der Waals surface area contributed by atoms with Crippen LogP contribution in [0, 0.1) is 0 Å². The quantitative estimate of drug-likeness (QED) is 0.911. The van der Waals surface area contributed by atoms with Crippen LogP contribution >= 0.6 is 0 Å². The maximum atomic E-state index is 12.7. The van der Waals surface area contributed by atoms with E-state index in [1.165, 1.54) is 19.3 Å². The van der Waals surface area contributed by atoms with E-state index < -0.39 is 0 Å². The molecule has 2 aromatic heterocycles. The highest BCUT2D eigenvalue weighted by Crippen LogP contribution is 2.18. The van der Waals surface area contributed by atoms with Crippen molar-refractivity contribution in [1.82, 2.24) is 30.2 Å². The molecule has 132 valence electrons. The van der Waals surface area contributed by atoms with Gasteiger partial charge in [0.15, 0.2) is 5.69 Å². The van der Waals surface area contributed by atoms with Crippen LogP contribution in [0.3, 0.4) is 0 Å². The summed E-state index contributed by atoms with van der Waals surface area (Å²) in [6.07, 6.45) is 9.20. The van der Waals surface area contributed by atoms with Gasteiger partial charge in [-0.3, -0.25) is 14.5 Å². The molecule has 4 rings (SSSR count). The number of nitrogens with zero attached hydrogens (tertiary/aromatic N) is 5. The minimum Gasteiger partial charge on any atom is -0.332 e. The Balaban J connectivity index is 1.36. The second-order valence-corrected chi connectivity index (χ2v) is 6.89. The maximum absolute atomic E-state index is 12.7. The SMILES string of the molecule is O=C(c1cn(CCC2CCCCN2)nn1)N1CCc2ncccc2C1. The third-order valence-corrected chi connectivity index (χ3v) is 5.13. The molecule has 7 heteroatoms. The van der Waals surface area contributed by atoms with Gasteiger partial charge in [-0.2, -0.15) is 0 Å². The fourth-order valence-electron chi connectivity index (χ4n) is 3.67. The molecule has 25 heavy (non-hydrogen) atoms. The van der Waals surface area contributed by atoms with Gasteiger partial charge in [0, 0.05) is 44.0 Å². The van der Waals surface area contributed by atoms with Crippen LogP contribution in [-0.2, 0) is 19.5 Å². The van der Waals surface area contributed by atoms with Crippen molar-refractivity contribution >= 4 is 5.91 Å². The normalized spacial score (nSPS) is 20.3. The van der Waals surface area contributed by atoms with Crippen molar-refractivity contribution in [2.75, 3.05) is 13.1 Å². The number of pyridine rings is 1. The van der Waals surface area contributed by atoms with E-state index >= 15 is 0 Å². The molecule has 0 aliphatic carbocycles. The van der Waals surface area contributed by atoms with Crippen molar-refractivity contribution in [3.63, 3.8) is 0 Å². The molecule has 2 aliphatic heterocycles. The highest BCUT2D eigenvalue weighted by atomic mass is 16.2. The molecule has 0 aromatic carbocycles. The van der Waals surface area contributed by atoms with Crippen molar-refractivity contribution < 1.29 is 4.79 Å². The lowest BCUT2D eigenvalue weighted by atomic mass is 10.0. The van der Waals surface area contributed by atoms with Crippen LogP contribution in [0.15, 0.2) is 24.5 Å². The summed E-state index contributed by atoms with van der Waals surface area (Å²) in [5.74, 6) is -0.0449. The molecular formula is C18H24N6O. The molecule has 0 radical (unpaired) electrons. The smallest absolute Gasteiger partial charge is 0.276 e. The minimum atomic E-state index is -0.0449. The molecule has 1 N–H and O–H groups in total. The first-order chi connectivity index (χ1) is 12.3. The van der Waals surface area contributed by atoms with Crippen LogP contribution in [0.5, 0.6) is 0 Å². The number of hydrogen-bond acceptors (Lipinski definition) is 5. The fourth-order valence-corrected chi connectivity index (χ4v) is 3.67. The molecule has 1 fully saturated rings. The van der Waals surface area contributed by atoms with E-state index in [1.807, 2.05) is 23.2 Å². The first kappa shape index (κ1) is 16.2. The first-order valence-corrected chi connectivity index (χ1v) is 9.15. The maximum Gasteiger partial charge on any atom is 0.276 e. The van der Waals surface area contributed by atoms with Crippen LogP contribution in [0.4, 0.5) is 0 Å². The number of hydrogen-bond donors (Lipinski definition) is 1. The summed E-state index contributed by atoms with van der Waals surface area (Å²) in [6.45, 7) is 3.18. The lowest BCUT2D eigenvalue weighted by Crippen LogP contribution is -2.36. The monoisotopic (exact) mass is 340 g/mol. The van der Waals surface area contributed by atoms with Crippen LogP contribution in [0.1, 0.15) is 47.4 Å². The van der Waals surface area contributed by atoms with E-state index in [0.717, 1.165) is 37.2 Å². The van der Waals surface area contributed by atoms with Gasteiger partial charge in [-0.25, -0.2) is 0 Å². The molecule has 1 atom stereocenters. The van der Waals surface area contributed by atoms with Crippen molar-refractivity contribution in [2.24, 2.45) is 0 Å². The van der Waals surface area contributed by atoms with Gasteiger partial charge < -0.3 is 10.2 Å². The molecule has 1 unspecified atom stereocenters. The molecule has 2 aromatic rings. The van der Waals surface area contributed by atoms with Crippen molar-refractivity contribution in [2.45, 2.75) is 51.2 Å². The standard InChI is InChI=1S/C18H24N6O/c25-18(23-10-7-16-14(12-23)4-3-9-20-16)17-13-24(22-21-17)11-6-15-5-1-2-8-19-15/h3-4,9,13,15,19H,1-2,5-8,10-12H2. The number of piperidine rings is 1. The van der Waals surface area contributed by atoms with E-state index in [4.69, 9.17) is 0 Å². The largest absolute Gasteiger partial charge is 0.332 e. The first-order valence-electron chi connectivity index (χ1n) is 9.15. The topological polar surface area (TPSA) is 75.9 Å². The Morgan fingerprint density at radius 1 is 1.36 bits per heavy atom. The number of amides is 1. The molecule has 1 amide bonds. The van der Waals surface area contributed by atoms with Gasteiger partial charge in [0.1, 0.15) is 0 Å². The summed E-state index contributed by atoms with van der Waals surface area (Å²) in [5, 5.41) is 11.8. The number of aromatic nitrogens is 4. The number of fused-ring (bicyclic) bond motifs is 1. The molecule has 0 bridgehead atoms. The van der Waals surface area contributed by atoms with Crippen molar-refractivity contribution in [3.8, 4) is 0 Å². The zero-order valence-corrected chi connectivity index (χ0v) is 14.4. The van der Waals surface area contributed by atoms with Crippen molar-refractivity contribution in [1.29, 1.82) is 0 Å². The van der Waals surface area contributed by atoms with E-state index in [-0.39, 0.29) is 5.91 Å². The second kappa shape index (κ2) is 7.31. The molecule has 1 saturated heterocycles. The highest BCUT2D eigenvalue weighted by molar-refractivity contribution is 5.92. The summed E-state index contributed by atoms with van der Waals surface area (Å²) in [4.78, 5) is 18.9. The van der Waals surface area contributed by atoms with E-state index in [9.17, 15) is 4.79 Å². The number of aryl methyl sites for hydroxylation is 1. The lowest BCUT2D eigenvalue weighted by molar-refractivity contribution is 0.0727. The van der Waals surface area contributed by atoms with Gasteiger partial charge in [0.25, 0.3) is 5.91 Å². The summed E-state index contributed by atoms with van der Waals surface area (Å²) < 4.78 is 1.79.